The van der Waals surface area contributed by atoms with Crippen LogP contribution in [0.5, 0.6) is 0 Å². The Labute approximate surface area is 160 Å². The summed E-state index contributed by atoms with van der Waals surface area (Å²) in [5.41, 5.74) is 4.49. The molecule has 0 aliphatic heterocycles. The molecule has 0 aliphatic carbocycles. The van der Waals surface area contributed by atoms with Crippen LogP contribution in [0, 0.1) is 6.92 Å². The van der Waals surface area contributed by atoms with Crippen molar-refractivity contribution in [2.75, 3.05) is 0 Å². The minimum absolute atomic E-state index is 0.100. The van der Waals surface area contributed by atoms with Gasteiger partial charge >= 0.3 is 0 Å². The van der Waals surface area contributed by atoms with Crippen LogP contribution < -0.4 is 0 Å². The first kappa shape index (κ1) is 16.7. The van der Waals surface area contributed by atoms with Crippen molar-refractivity contribution in [3.8, 4) is 5.69 Å². The van der Waals surface area contributed by atoms with Crippen LogP contribution in [0.15, 0.2) is 77.3 Å². The molecular weight excluding hydrogens is 388 g/mol. The second-order valence-electron chi connectivity index (χ2n) is 6.23. The Balaban J connectivity index is 1.83. The molecule has 0 amide bonds. The number of fused-ring (bicyclic) bond motifs is 1. The van der Waals surface area contributed by atoms with E-state index < -0.39 is 0 Å². The highest BCUT2D eigenvalue weighted by Gasteiger charge is 2.17. The van der Waals surface area contributed by atoms with Gasteiger partial charge in [-0.25, -0.2) is 4.98 Å². The molecule has 0 aliphatic rings. The molecule has 0 radical (unpaired) electrons. The van der Waals surface area contributed by atoms with E-state index >= 15 is 0 Å². The van der Waals surface area contributed by atoms with Gasteiger partial charge in [0.15, 0.2) is 5.78 Å². The van der Waals surface area contributed by atoms with Gasteiger partial charge in [0.25, 0.3) is 0 Å². The van der Waals surface area contributed by atoms with Crippen molar-refractivity contribution in [3.63, 3.8) is 0 Å². The average Bonchev–Trinajstić information content (AvgIpc) is 2.97. The van der Waals surface area contributed by atoms with E-state index in [1.54, 1.807) is 0 Å². The number of para-hydroxylation sites is 1. The number of aryl methyl sites for hydroxylation is 1. The van der Waals surface area contributed by atoms with Gasteiger partial charge in [-0.2, -0.15) is 0 Å². The quantitative estimate of drug-likeness (QED) is 0.419. The summed E-state index contributed by atoms with van der Waals surface area (Å²) in [5, 5.41) is 0. The van der Waals surface area contributed by atoms with E-state index in [4.69, 9.17) is 0 Å². The van der Waals surface area contributed by atoms with Gasteiger partial charge in [0, 0.05) is 16.5 Å². The standard InChI is InChI=1S/C22H17BrN2O/c1-15-24-19-12-11-17(23)14-21(19)25(15)20-10-6-5-9-18(20)22(26)13-16-7-3-2-4-8-16/h2-12,14H,13H2,1H3. The molecular formula is C22H17BrN2O. The minimum Gasteiger partial charge on any atom is -0.296 e. The normalized spacial score (nSPS) is 11.0. The first-order chi connectivity index (χ1) is 12.6. The molecule has 1 aromatic heterocycles. The molecule has 26 heavy (non-hydrogen) atoms. The monoisotopic (exact) mass is 404 g/mol. The number of imidazole rings is 1. The number of hydrogen-bond donors (Lipinski definition) is 0. The molecule has 0 atom stereocenters. The predicted octanol–water partition coefficient (Wildman–Crippen LogP) is 5.52. The number of halogens is 1. The molecule has 0 spiro atoms. The van der Waals surface area contributed by atoms with E-state index in [1.807, 2.05) is 79.7 Å². The maximum Gasteiger partial charge on any atom is 0.169 e. The van der Waals surface area contributed by atoms with E-state index in [0.717, 1.165) is 32.6 Å². The van der Waals surface area contributed by atoms with Crippen molar-refractivity contribution in [3.05, 3.63) is 94.2 Å². The molecule has 1 heterocycles. The third-order valence-corrected chi connectivity index (χ3v) is 4.93. The summed E-state index contributed by atoms with van der Waals surface area (Å²) in [6.07, 6.45) is 0.382. The Morgan fingerprint density at radius 1 is 1.00 bits per heavy atom. The second kappa shape index (κ2) is 6.89. The zero-order valence-corrected chi connectivity index (χ0v) is 15.9. The summed E-state index contributed by atoms with van der Waals surface area (Å²) < 4.78 is 3.04. The van der Waals surface area contributed by atoms with Gasteiger partial charge < -0.3 is 0 Å². The number of ketones is 1. The molecule has 0 bridgehead atoms. The van der Waals surface area contributed by atoms with Crippen LogP contribution in [0.3, 0.4) is 0 Å². The van der Waals surface area contributed by atoms with Crippen molar-refractivity contribution in [1.29, 1.82) is 0 Å². The highest BCUT2D eigenvalue weighted by molar-refractivity contribution is 9.10. The number of rotatable bonds is 4. The van der Waals surface area contributed by atoms with Gasteiger partial charge in [-0.05, 0) is 42.8 Å². The summed E-state index contributed by atoms with van der Waals surface area (Å²) in [5.74, 6) is 0.959. The summed E-state index contributed by atoms with van der Waals surface area (Å²) in [4.78, 5) is 17.6. The van der Waals surface area contributed by atoms with Crippen molar-refractivity contribution >= 4 is 32.7 Å². The fourth-order valence-electron chi connectivity index (χ4n) is 3.25. The van der Waals surface area contributed by atoms with Gasteiger partial charge in [-0.1, -0.05) is 58.4 Å². The summed E-state index contributed by atoms with van der Waals surface area (Å²) in [6, 6.07) is 23.6. The molecule has 0 unspecified atom stereocenters. The van der Waals surface area contributed by atoms with Crippen molar-refractivity contribution < 1.29 is 4.79 Å². The molecule has 3 aromatic carbocycles. The van der Waals surface area contributed by atoms with Crippen LogP contribution in [-0.2, 0) is 6.42 Å². The molecule has 3 nitrogen and oxygen atoms in total. The molecule has 0 saturated carbocycles. The second-order valence-corrected chi connectivity index (χ2v) is 7.15. The van der Waals surface area contributed by atoms with E-state index in [2.05, 4.69) is 25.5 Å². The van der Waals surface area contributed by atoms with Gasteiger partial charge in [0.05, 0.1) is 16.7 Å². The molecule has 128 valence electrons. The lowest BCUT2D eigenvalue weighted by Gasteiger charge is -2.12. The molecule has 4 rings (SSSR count). The number of aromatic nitrogens is 2. The van der Waals surface area contributed by atoms with Crippen molar-refractivity contribution in [1.82, 2.24) is 9.55 Å². The smallest absolute Gasteiger partial charge is 0.169 e. The van der Waals surface area contributed by atoms with E-state index in [9.17, 15) is 4.79 Å². The first-order valence-electron chi connectivity index (χ1n) is 8.44. The lowest BCUT2D eigenvalue weighted by atomic mass is 10.0. The van der Waals surface area contributed by atoms with Gasteiger partial charge in [0.2, 0.25) is 0 Å². The van der Waals surface area contributed by atoms with Gasteiger partial charge in [0.1, 0.15) is 5.82 Å². The Hall–Kier alpha value is -2.72. The molecule has 0 N–H and O–H groups in total. The average molecular weight is 405 g/mol. The van der Waals surface area contributed by atoms with E-state index in [-0.39, 0.29) is 5.78 Å². The Kier molecular flexibility index (Phi) is 4.43. The number of benzene rings is 3. The lowest BCUT2D eigenvalue weighted by molar-refractivity contribution is 0.0993. The van der Waals surface area contributed by atoms with Crippen LogP contribution >= 0.6 is 15.9 Å². The summed E-state index contributed by atoms with van der Waals surface area (Å²) >= 11 is 3.53. The van der Waals surface area contributed by atoms with E-state index in [0.29, 0.717) is 12.0 Å². The Bertz CT molecular complexity index is 1100. The number of carbonyl (C=O) groups excluding carboxylic acids is 1. The SMILES string of the molecule is Cc1nc2ccc(Br)cc2n1-c1ccccc1C(=O)Cc1ccccc1. The minimum atomic E-state index is 0.100. The summed E-state index contributed by atoms with van der Waals surface area (Å²) in [6.45, 7) is 1.96. The zero-order chi connectivity index (χ0) is 18.1. The topological polar surface area (TPSA) is 34.9 Å². The Morgan fingerprint density at radius 2 is 1.73 bits per heavy atom. The van der Waals surface area contributed by atoms with Gasteiger partial charge in [-0.15, -0.1) is 0 Å². The van der Waals surface area contributed by atoms with Crippen LogP contribution in [-0.4, -0.2) is 15.3 Å². The Morgan fingerprint density at radius 3 is 2.54 bits per heavy atom. The fraction of sp³-hybridized carbons (Fsp3) is 0.0909. The molecule has 0 saturated heterocycles. The fourth-order valence-corrected chi connectivity index (χ4v) is 3.60. The first-order valence-corrected chi connectivity index (χ1v) is 9.24. The number of hydrogen-bond acceptors (Lipinski definition) is 2. The predicted molar refractivity (Wildman–Crippen MR) is 108 cm³/mol. The van der Waals surface area contributed by atoms with E-state index in [1.165, 1.54) is 0 Å². The van der Waals surface area contributed by atoms with Crippen LogP contribution in [0.25, 0.3) is 16.7 Å². The third-order valence-electron chi connectivity index (χ3n) is 4.44. The number of carbonyl (C=O) groups is 1. The van der Waals surface area contributed by atoms with Crippen LogP contribution in [0.2, 0.25) is 0 Å². The van der Waals surface area contributed by atoms with Crippen molar-refractivity contribution in [2.24, 2.45) is 0 Å². The highest BCUT2D eigenvalue weighted by Crippen LogP contribution is 2.27. The van der Waals surface area contributed by atoms with Gasteiger partial charge in [-0.3, -0.25) is 9.36 Å². The molecule has 4 aromatic rings. The van der Waals surface area contributed by atoms with Crippen LogP contribution in [0.4, 0.5) is 0 Å². The number of nitrogens with zero attached hydrogens (tertiary/aromatic N) is 2. The maximum atomic E-state index is 13.0. The number of Topliss-reactive ketones (excluding diaryl/α,β-unsaturated/α-hetero) is 1. The van der Waals surface area contributed by atoms with Crippen LogP contribution in [0.1, 0.15) is 21.7 Å². The molecule has 4 heteroatoms. The maximum absolute atomic E-state index is 13.0. The third kappa shape index (κ3) is 3.08. The lowest BCUT2D eigenvalue weighted by Crippen LogP contribution is -2.09. The molecule has 0 fully saturated rings. The highest BCUT2D eigenvalue weighted by atomic mass is 79.9. The zero-order valence-electron chi connectivity index (χ0n) is 14.3. The van der Waals surface area contributed by atoms with Crippen molar-refractivity contribution in [2.45, 2.75) is 13.3 Å². The largest absolute Gasteiger partial charge is 0.296 e. The summed E-state index contributed by atoms with van der Waals surface area (Å²) in [7, 11) is 0.